The maximum atomic E-state index is 10.3. The average molecular weight is 308 g/mol. The van der Waals surface area contributed by atoms with Gasteiger partial charge in [0.2, 0.25) is 0 Å². The fourth-order valence-corrected chi connectivity index (χ4v) is 3.01. The molecule has 3 aromatic rings. The van der Waals surface area contributed by atoms with Gasteiger partial charge in [0.1, 0.15) is 24.6 Å². The second-order valence-electron chi connectivity index (χ2n) is 5.95. The number of aromatic hydroxyl groups is 1. The molecule has 0 fully saturated rings. The van der Waals surface area contributed by atoms with Crippen LogP contribution in [-0.4, -0.2) is 19.3 Å². The van der Waals surface area contributed by atoms with E-state index in [2.05, 4.69) is 31.3 Å². The maximum absolute atomic E-state index is 10.3. The lowest BCUT2D eigenvalue weighted by molar-refractivity contribution is -0.907. The molecular formula is C20H22NO2+. The maximum Gasteiger partial charge on any atom is 0.125 e. The van der Waals surface area contributed by atoms with Crippen molar-refractivity contribution in [3.63, 3.8) is 0 Å². The first-order valence-corrected chi connectivity index (χ1v) is 7.81. The van der Waals surface area contributed by atoms with Crippen molar-refractivity contribution < 1.29 is 14.7 Å². The molecule has 0 radical (unpaired) electrons. The molecule has 0 heterocycles. The van der Waals surface area contributed by atoms with Gasteiger partial charge in [-0.1, -0.05) is 42.5 Å². The largest absolute Gasteiger partial charge is 0.507 e. The van der Waals surface area contributed by atoms with Crippen molar-refractivity contribution in [3.05, 3.63) is 71.8 Å². The van der Waals surface area contributed by atoms with Crippen LogP contribution in [0.5, 0.6) is 11.5 Å². The highest BCUT2D eigenvalue weighted by Crippen LogP contribution is 2.26. The Bertz CT molecular complexity index is 814. The Morgan fingerprint density at radius 2 is 1.78 bits per heavy atom. The smallest absolute Gasteiger partial charge is 0.125 e. The fourth-order valence-electron chi connectivity index (χ4n) is 3.01. The highest BCUT2D eigenvalue weighted by Gasteiger charge is 2.13. The van der Waals surface area contributed by atoms with Crippen LogP contribution in [0.25, 0.3) is 10.8 Å². The molecule has 0 saturated carbocycles. The summed E-state index contributed by atoms with van der Waals surface area (Å²) in [6, 6.07) is 20.1. The molecule has 0 spiro atoms. The number of phenols is 1. The Hall–Kier alpha value is -2.52. The Kier molecular flexibility index (Phi) is 4.49. The van der Waals surface area contributed by atoms with Crippen LogP contribution in [0, 0.1) is 0 Å². The molecule has 0 aliphatic heterocycles. The van der Waals surface area contributed by atoms with Crippen LogP contribution in [0.4, 0.5) is 0 Å². The molecule has 0 bridgehead atoms. The lowest BCUT2D eigenvalue weighted by Crippen LogP contribution is -3.06. The van der Waals surface area contributed by atoms with Crippen LogP contribution < -0.4 is 9.64 Å². The van der Waals surface area contributed by atoms with Crippen molar-refractivity contribution in [2.45, 2.75) is 13.1 Å². The van der Waals surface area contributed by atoms with E-state index in [-0.39, 0.29) is 0 Å². The summed E-state index contributed by atoms with van der Waals surface area (Å²) in [7, 11) is 3.82. The van der Waals surface area contributed by atoms with E-state index >= 15 is 0 Å². The van der Waals surface area contributed by atoms with Gasteiger partial charge in [-0.2, -0.15) is 0 Å². The first kappa shape index (κ1) is 15.4. The number of hydrogen-bond donors (Lipinski definition) is 2. The van der Waals surface area contributed by atoms with Gasteiger partial charge < -0.3 is 14.7 Å². The molecule has 1 atom stereocenters. The van der Waals surface area contributed by atoms with Crippen LogP contribution in [0.1, 0.15) is 11.1 Å². The molecular weight excluding hydrogens is 286 g/mol. The van der Waals surface area contributed by atoms with Crippen molar-refractivity contribution in [2.24, 2.45) is 0 Å². The zero-order valence-electron chi connectivity index (χ0n) is 13.5. The summed E-state index contributed by atoms with van der Waals surface area (Å²) in [5, 5.41) is 12.6. The van der Waals surface area contributed by atoms with Gasteiger partial charge in [0.05, 0.1) is 19.7 Å². The van der Waals surface area contributed by atoms with Gasteiger partial charge in [0.15, 0.2) is 0 Å². The lowest BCUT2D eigenvalue weighted by Gasteiger charge is -2.17. The zero-order valence-corrected chi connectivity index (χ0v) is 13.5. The van der Waals surface area contributed by atoms with E-state index in [1.54, 1.807) is 13.2 Å². The van der Waals surface area contributed by atoms with E-state index < -0.39 is 0 Å². The number of phenolic OH excluding ortho intramolecular Hbond substituents is 1. The topological polar surface area (TPSA) is 33.9 Å². The Balaban J connectivity index is 1.82. The number of fused-ring (bicyclic) bond motifs is 1. The number of ether oxygens (including phenoxy) is 1. The first-order chi connectivity index (χ1) is 11.2. The van der Waals surface area contributed by atoms with Crippen molar-refractivity contribution in [2.75, 3.05) is 14.2 Å². The predicted molar refractivity (Wildman–Crippen MR) is 92.9 cm³/mol. The van der Waals surface area contributed by atoms with Gasteiger partial charge in [-0.25, -0.2) is 0 Å². The standard InChI is InChI=1S/C20H21NO2/c1-21(13-15-6-5-8-17(12-15)23-2)14-19-18-9-4-3-7-16(18)10-11-20(19)22/h3-12,22H,13-14H2,1-2H3/p+1. The average Bonchev–Trinajstić information content (AvgIpc) is 2.57. The SMILES string of the molecule is COc1cccc(C[NH+](C)Cc2c(O)ccc3ccccc23)c1. The van der Waals surface area contributed by atoms with Gasteiger partial charge >= 0.3 is 0 Å². The molecule has 0 aliphatic rings. The van der Waals surface area contributed by atoms with E-state index in [1.165, 1.54) is 10.5 Å². The quantitative estimate of drug-likeness (QED) is 0.760. The highest BCUT2D eigenvalue weighted by molar-refractivity contribution is 5.87. The van der Waals surface area contributed by atoms with Crippen LogP contribution in [0.3, 0.4) is 0 Å². The van der Waals surface area contributed by atoms with Crippen LogP contribution in [0.15, 0.2) is 60.7 Å². The molecule has 118 valence electrons. The summed E-state index contributed by atoms with van der Waals surface area (Å²) < 4.78 is 5.28. The molecule has 0 aromatic heterocycles. The zero-order chi connectivity index (χ0) is 16.2. The van der Waals surface area contributed by atoms with Crippen LogP contribution in [0.2, 0.25) is 0 Å². The van der Waals surface area contributed by atoms with Gasteiger partial charge in [0.25, 0.3) is 0 Å². The second kappa shape index (κ2) is 6.71. The Morgan fingerprint density at radius 3 is 2.61 bits per heavy atom. The van der Waals surface area contributed by atoms with E-state index in [0.29, 0.717) is 5.75 Å². The van der Waals surface area contributed by atoms with Gasteiger partial charge in [-0.15, -0.1) is 0 Å². The lowest BCUT2D eigenvalue weighted by atomic mass is 10.0. The van der Waals surface area contributed by atoms with E-state index in [9.17, 15) is 5.11 Å². The minimum absolute atomic E-state index is 0.369. The molecule has 3 heteroatoms. The number of nitrogens with one attached hydrogen (secondary N) is 1. The molecule has 1 unspecified atom stereocenters. The Labute approximate surface area is 136 Å². The number of benzene rings is 3. The van der Waals surface area contributed by atoms with Gasteiger partial charge in [-0.05, 0) is 29.0 Å². The molecule has 0 aliphatic carbocycles. The third-order valence-electron chi connectivity index (χ3n) is 4.13. The number of quaternary nitrogens is 1. The fraction of sp³-hybridized carbons (Fsp3) is 0.200. The number of rotatable bonds is 5. The third-order valence-corrected chi connectivity index (χ3v) is 4.13. The summed E-state index contributed by atoms with van der Waals surface area (Å²) in [4.78, 5) is 1.31. The van der Waals surface area contributed by atoms with Crippen molar-refractivity contribution in [3.8, 4) is 11.5 Å². The van der Waals surface area contributed by atoms with Crippen molar-refractivity contribution in [1.29, 1.82) is 0 Å². The third kappa shape index (κ3) is 3.46. The summed E-state index contributed by atoms with van der Waals surface area (Å²) in [5.74, 6) is 1.25. The molecule has 23 heavy (non-hydrogen) atoms. The minimum Gasteiger partial charge on any atom is -0.507 e. The molecule has 0 amide bonds. The highest BCUT2D eigenvalue weighted by atomic mass is 16.5. The first-order valence-electron chi connectivity index (χ1n) is 7.81. The molecule has 3 aromatic carbocycles. The summed E-state index contributed by atoms with van der Waals surface area (Å²) >= 11 is 0. The molecule has 3 rings (SSSR count). The summed E-state index contributed by atoms with van der Waals surface area (Å²) in [6.07, 6.45) is 0. The van der Waals surface area contributed by atoms with E-state index in [0.717, 1.165) is 35.2 Å². The predicted octanol–water partition coefficient (Wildman–Crippen LogP) is 2.77. The van der Waals surface area contributed by atoms with E-state index in [1.807, 2.05) is 30.3 Å². The minimum atomic E-state index is 0.369. The van der Waals surface area contributed by atoms with E-state index in [4.69, 9.17) is 4.74 Å². The monoisotopic (exact) mass is 308 g/mol. The molecule has 3 nitrogen and oxygen atoms in total. The summed E-state index contributed by atoms with van der Waals surface area (Å²) in [6.45, 7) is 1.64. The van der Waals surface area contributed by atoms with Crippen molar-refractivity contribution >= 4 is 10.8 Å². The Morgan fingerprint density at radius 1 is 0.957 bits per heavy atom. The van der Waals surface area contributed by atoms with Gasteiger partial charge in [-0.3, -0.25) is 0 Å². The van der Waals surface area contributed by atoms with Gasteiger partial charge in [0, 0.05) is 5.56 Å². The molecule has 0 saturated heterocycles. The molecule has 2 N–H and O–H groups in total. The number of hydrogen-bond acceptors (Lipinski definition) is 2. The second-order valence-corrected chi connectivity index (χ2v) is 5.95. The van der Waals surface area contributed by atoms with Crippen molar-refractivity contribution in [1.82, 2.24) is 0 Å². The number of methoxy groups -OCH3 is 1. The van der Waals surface area contributed by atoms with Crippen LogP contribution >= 0.6 is 0 Å². The normalized spacial score (nSPS) is 12.3. The van der Waals surface area contributed by atoms with Crippen LogP contribution in [-0.2, 0) is 13.1 Å². The summed E-state index contributed by atoms with van der Waals surface area (Å²) in [5.41, 5.74) is 2.23.